The summed E-state index contributed by atoms with van der Waals surface area (Å²) in [5.74, 6) is 0. The molecule has 0 atom stereocenters. The molecule has 0 nitrogen and oxygen atoms in total. The van der Waals surface area contributed by atoms with Gasteiger partial charge >= 0.3 is 0 Å². The molecule has 0 aliphatic heterocycles. The highest BCUT2D eigenvalue weighted by Gasteiger charge is 2.47. The third-order valence-electron chi connectivity index (χ3n) is 6.56. The Kier molecular flexibility index (Phi) is 4.11. The highest BCUT2D eigenvalue weighted by atomic mass is 14.5. The maximum absolute atomic E-state index is 2.31. The van der Waals surface area contributed by atoms with E-state index in [9.17, 15) is 0 Å². The fraction of sp³-hybridized carbons (Fsp3) is 0.0323. The third kappa shape index (κ3) is 2.55. The van der Waals surface area contributed by atoms with E-state index >= 15 is 0 Å². The van der Waals surface area contributed by atoms with Gasteiger partial charge in [-0.2, -0.15) is 0 Å². The van der Waals surface area contributed by atoms with E-state index in [0.717, 1.165) is 0 Å². The summed E-state index contributed by atoms with van der Waals surface area (Å²) in [6.07, 6.45) is 0. The van der Waals surface area contributed by atoms with E-state index in [1.807, 2.05) is 0 Å². The Labute approximate surface area is 183 Å². The van der Waals surface area contributed by atoms with Crippen LogP contribution in [0.3, 0.4) is 0 Å². The van der Waals surface area contributed by atoms with Crippen LogP contribution in [0.4, 0.5) is 0 Å². The van der Waals surface area contributed by atoms with Crippen molar-refractivity contribution in [3.8, 4) is 22.3 Å². The van der Waals surface area contributed by atoms with Gasteiger partial charge < -0.3 is 0 Å². The van der Waals surface area contributed by atoms with Crippen molar-refractivity contribution in [3.05, 3.63) is 156 Å². The van der Waals surface area contributed by atoms with Crippen LogP contribution in [0.5, 0.6) is 0 Å². The lowest BCUT2D eigenvalue weighted by Crippen LogP contribution is -2.29. The molecule has 6 rings (SSSR count). The summed E-state index contributed by atoms with van der Waals surface area (Å²) in [5, 5.41) is 0. The summed E-state index contributed by atoms with van der Waals surface area (Å²) in [7, 11) is 0. The molecule has 0 unspecified atom stereocenters. The van der Waals surface area contributed by atoms with Gasteiger partial charge in [0.25, 0.3) is 0 Å². The third-order valence-corrected chi connectivity index (χ3v) is 6.56. The van der Waals surface area contributed by atoms with Crippen molar-refractivity contribution >= 4 is 0 Å². The van der Waals surface area contributed by atoms with Crippen molar-refractivity contribution in [2.24, 2.45) is 0 Å². The van der Waals surface area contributed by atoms with E-state index in [-0.39, 0.29) is 5.41 Å². The zero-order valence-corrected chi connectivity index (χ0v) is 17.2. The van der Waals surface area contributed by atoms with Crippen LogP contribution in [-0.2, 0) is 5.41 Å². The van der Waals surface area contributed by atoms with Gasteiger partial charge in [-0.15, -0.1) is 0 Å². The van der Waals surface area contributed by atoms with Crippen LogP contribution in [0.2, 0.25) is 0 Å². The Morgan fingerprint density at radius 1 is 0.355 bits per heavy atom. The molecular formula is C31H22. The molecule has 0 spiro atoms. The van der Waals surface area contributed by atoms with Crippen LogP contribution in [-0.4, -0.2) is 0 Å². The SMILES string of the molecule is c1ccc(-c2cccc3c2C(c2ccccc2)(c2ccccc2)c2ccccc2-3)cc1. The molecule has 0 radical (unpaired) electrons. The molecule has 31 heavy (non-hydrogen) atoms. The number of hydrogen-bond donors (Lipinski definition) is 0. The molecule has 0 N–H and O–H groups in total. The smallest absolute Gasteiger partial charge is 0.0622 e. The van der Waals surface area contributed by atoms with Crippen LogP contribution in [0.15, 0.2) is 133 Å². The fourth-order valence-electron chi connectivity index (χ4n) is 5.36. The van der Waals surface area contributed by atoms with Crippen molar-refractivity contribution < 1.29 is 0 Å². The number of hydrogen-bond acceptors (Lipinski definition) is 0. The summed E-state index contributed by atoms with van der Waals surface area (Å²) >= 11 is 0. The summed E-state index contributed by atoms with van der Waals surface area (Å²) < 4.78 is 0. The minimum Gasteiger partial charge on any atom is -0.0622 e. The van der Waals surface area contributed by atoms with Gasteiger partial charge in [0.1, 0.15) is 0 Å². The molecule has 146 valence electrons. The lowest BCUT2D eigenvalue weighted by molar-refractivity contribution is 0.770. The van der Waals surface area contributed by atoms with Crippen molar-refractivity contribution in [2.75, 3.05) is 0 Å². The highest BCUT2D eigenvalue weighted by Crippen LogP contribution is 2.58. The Bertz CT molecular complexity index is 1310. The number of fused-ring (bicyclic) bond motifs is 3. The molecule has 0 bridgehead atoms. The van der Waals surface area contributed by atoms with Crippen molar-refractivity contribution in [2.45, 2.75) is 5.41 Å². The maximum atomic E-state index is 2.31. The van der Waals surface area contributed by atoms with Crippen LogP contribution in [0.1, 0.15) is 22.3 Å². The van der Waals surface area contributed by atoms with E-state index in [1.165, 1.54) is 44.5 Å². The number of rotatable bonds is 3. The molecule has 0 saturated carbocycles. The predicted octanol–water partition coefficient (Wildman–Crippen LogP) is 7.72. The van der Waals surface area contributed by atoms with Gasteiger partial charge in [-0.1, -0.05) is 133 Å². The molecular weight excluding hydrogens is 372 g/mol. The lowest BCUT2D eigenvalue weighted by atomic mass is 9.66. The van der Waals surface area contributed by atoms with Crippen LogP contribution < -0.4 is 0 Å². The van der Waals surface area contributed by atoms with Gasteiger partial charge in [0, 0.05) is 0 Å². The van der Waals surface area contributed by atoms with Gasteiger partial charge in [0.15, 0.2) is 0 Å². The summed E-state index contributed by atoms with van der Waals surface area (Å²) in [6.45, 7) is 0. The standard InChI is InChI=1S/C31H22/c1-4-13-23(14-5-1)26-20-12-21-28-27-19-10-11-22-29(27)31(30(26)28,24-15-6-2-7-16-24)25-17-8-3-9-18-25/h1-22H. The molecule has 0 aromatic heterocycles. The van der Waals surface area contributed by atoms with Gasteiger partial charge in [0.2, 0.25) is 0 Å². The predicted molar refractivity (Wildman–Crippen MR) is 129 cm³/mol. The fourth-order valence-corrected chi connectivity index (χ4v) is 5.36. The van der Waals surface area contributed by atoms with Crippen molar-refractivity contribution in [1.29, 1.82) is 0 Å². The highest BCUT2D eigenvalue weighted by molar-refractivity contribution is 5.92. The molecule has 0 heterocycles. The summed E-state index contributed by atoms with van der Waals surface area (Å²) in [4.78, 5) is 0. The number of benzene rings is 5. The van der Waals surface area contributed by atoms with Crippen molar-refractivity contribution in [3.63, 3.8) is 0 Å². The maximum Gasteiger partial charge on any atom is 0.0719 e. The van der Waals surface area contributed by atoms with Gasteiger partial charge in [-0.3, -0.25) is 0 Å². The average Bonchev–Trinajstić information content (AvgIpc) is 3.17. The second-order valence-corrected chi connectivity index (χ2v) is 8.12. The second kappa shape index (κ2) is 7.11. The first-order chi connectivity index (χ1) is 15.4. The molecule has 0 saturated heterocycles. The largest absolute Gasteiger partial charge is 0.0719 e. The summed E-state index contributed by atoms with van der Waals surface area (Å²) in [5.41, 5.74) is 10.2. The molecule has 1 aliphatic rings. The van der Waals surface area contributed by atoms with E-state index in [4.69, 9.17) is 0 Å². The average molecular weight is 395 g/mol. The van der Waals surface area contributed by atoms with Gasteiger partial charge in [-0.25, -0.2) is 0 Å². The topological polar surface area (TPSA) is 0 Å². The van der Waals surface area contributed by atoms with Gasteiger partial charge in [0.05, 0.1) is 5.41 Å². The minimum atomic E-state index is -0.360. The van der Waals surface area contributed by atoms with E-state index < -0.39 is 0 Å². The second-order valence-electron chi connectivity index (χ2n) is 8.12. The lowest BCUT2D eigenvalue weighted by Gasteiger charge is -2.35. The van der Waals surface area contributed by atoms with E-state index in [1.54, 1.807) is 0 Å². The first kappa shape index (κ1) is 17.9. The van der Waals surface area contributed by atoms with E-state index in [2.05, 4.69) is 133 Å². The Morgan fingerprint density at radius 3 is 1.48 bits per heavy atom. The zero-order chi connectivity index (χ0) is 20.7. The van der Waals surface area contributed by atoms with Crippen LogP contribution in [0, 0.1) is 0 Å². The van der Waals surface area contributed by atoms with E-state index in [0.29, 0.717) is 0 Å². The quantitative estimate of drug-likeness (QED) is 0.288. The Balaban J connectivity index is 1.82. The molecule has 0 fully saturated rings. The van der Waals surface area contributed by atoms with Crippen molar-refractivity contribution in [1.82, 2.24) is 0 Å². The molecule has 0 amide bonds. The van der Waals surface area contributed by atoms with Crippen LogP contribution in [0.25, 0.3) is 22.3 Å². The van der Waals surface area contributed by atoms with Gasteiger partial charge in [-0.05, 0) is 44.5 Å². The minimum absolute atomic E-state index is 0.360. The molecule has 0 heteroatoms. The first-order valence-corrected chi connectivity index (χ1v) is 10.8. The van der Waals surface area contributed by atoms with Crippen LogP contribution >= 0.6 is 0 Å². The zero-order valence-electron chi connectivity index (χ0n) is 17.2. The molecule has 5 aromatic rings. The summed E-state index contributed by atoms with van der Waals surface area (Å²) in [6, 6.07) is 48.4. The monoisotopic (exact) mass is 394 g/mol. The molecule has 1 aliphatic carbocycles. The molecule has 5 aromatic carbocycles. The normalized spacial score (nSPS) is 13.4. The first-order valence-electron chi connectivity index (χ1n) is 10.8. The Hall–Kier alpha value is -3.90. The Morgan fingerprint density at radius 2 is 0.839 bits per heavy atom.